The number of benzene rings is 3. The van der Waals surface area contributed by atoms with Crippen molar-refractivity contribution in [1.82, 2.24) is 19.5 Å². The minimum atomic E-state index is 0.472. The average Bonchev–Trinajstić information content (AvgIpc) is 3.20. The first-order chi connectivity index (χ1) is 14.7. The Kier molecular flexibility index (Phi) is 3.78. The van der Waals surface area contributed by atoms with E-state index in [-0.39, 0.29) is 0 Å². The van der Waals surface area contributed by atoms with Crippen molar-refractivity contribution in [2.75, 3.05) is 5.73 Å². The number of imidazole rings is 1. The molecule has 1 aliphatic carbocycles. The van der Waals surface area contributed by atoms with Crippen LogP contribution in [0.15, 0.2) is 49.1 Å². The van der Waals surface area contributed by atoms with E-state index in [1.54, 1.807) is 0 Å². The zero-order valence-corrected chi connectivity index (χ0v) is 17.0. The molecule has 6 rings (SSSR count). The van der Waals surface area contributed by atoms with Crippen LogP contribution in [-0.2, 0) is 19.4 Å². The number of rotatable bonds is 2. The lowest BCUT2D eigenvalue weighted by Crippen LogP contribution is -2.08. The number of nitrogens with two attached hydrogens (primary N) is 1. The lowest BCUT2D eigenvalue weighted by molar-refractivity contribution is 0.689. The van der Waals surface area contributed by atoms with Crippen LogP contribution in [0.1, 0.15) is 35.1 Å². The molecule has 0 aliphatic heterocycles. The predicted molar refractivity (Wildman–Crippen MR) is 122 cm³/mol. The molecule has 5 nitrogen and oxygen atoms in total. The third kappa shape index (κ3) is 2.45. The highest BCUT2D eigenvalue weighted by Gasteiger charge is 2.20. The van der Waals surface area contributed by atoms with E-state index in [0.29, 0.717) is 18.0 Å². The normalized spacial score (nSPS) is 13.9. The summed E-state index contributed by atoms with van der Waals surface area (Å²) in [4.78, 5) is 13.0. The Morgan fingerprint density at radius 2 is 1.77 bits per heavy atom. The van der Waals surface area contributed by atoms with Gasteiger partial charge in [-0.1, -0.05) is 36.4 Å². The fourth-order valence-electron chi connectivity index (χ4n) is 5.23. The first-order valence-corrected chi connectivity index (χ1v) is 10.6. The first-order valence-electron chi connectivity index (χ1n) is 10.6. The summed E-state index contributed by atoms with van der Waals surface area (Å²) >= 11 is 0. The topological polar surface area (TPSA) is 69.6 Å². The largest absolute Gasteiger partial charge is 0.382 e. The molecule has 0 amide bonds. The number of aryl methyl sites for hydroxylation is 3. The molecule has 0 radical (unpaired) electrons. The van der Waals surface area contributed by atoms with Crippen LogP contribution in [0.25, 0.3) is 32.7 Å². The minimum absolute atomic E-state index is 0.472. The Morgan fingerprint density at radius 1 is 0.933 bits per heavy atom. The SMILES string of the molecule is Cc1c2ccccc2c(Cn2cnc3ncnc(N)c32)c2c3c(ccc12)CCCC3. The van der Waals surface area contributed by atoms with Gasteiger partial charge in [0.05, 0.1) is 12.9 Å². The molecule has 0 bridgehead atoms. The van der Waals surface area contributed by atoms with Gasteiger partial charge in [-0.15, -0.1) is 0 Å². The van der Waals surface area contributed by atoms with Crippen molar-refractivity contribution in [3.8, 4) is 0 Å². The summed E-state index contributed by atoms with van der Waals surface area (Å²) in [6.45, 7) is 2.95. The van der Waals surface area contributed by atoms with Crippen LogP contribution in [0.5, 0.6) is 0 Å². The molecule has 0 atom stereocenters. The van der Waals surface area contributed by atoms with E-state index in [9.17, 15) is 0 Å². The van der Waals surface area contributed by atoms with Gasteiger partial charge in [0.25, 0.3) is 0 Å². The monoisotopic (exact) mass is 393 g/mol. The third-order valence-electron chi connectivity index (χ3n) is 6.66. The summed E-state index contributed by atoms with van der Waals surface area (Å²) < 4.78 is 2.10. The zero-order chi connectivity index (χ0) is 20.2. The average molecular weight is 393 g/mol. The molecule has 0 saturated heterocycles. The van der Waals surface area contributed by atoms with E-state index in [1.165, 1.54) is 69.4 Å². The molecule has 2 aromatic heterocycles. The minimum Gasteiger partial charge on any atom is -0.382 e. The van der Waals surface area contributed by atoms with Crippen LogP contribution in [-0.4, -0.2) is 19.5 Å². The number of hydrogen-bond acceptors (Lipinski definition) is 4. The summed E-state index contributed by atoms with van der Waals surface area (Å²) in [5.74, 6) is 0.472. The van der Waals surface area contributed by atoms with Crippen LogP contribution >= 0.6 is 0 Å². The molecule has 3 aromatic carbocycles. The summed E-state index contributed by atoms with van der Waals surface area (Å²) in [6, 6.07) is 13.4. The van der Waals surface area contributed by atoms with E-state index < -0.39 is 0 Å². The third-order valence-corrected chi connectivity index (χ3v) is 6.66. The summed E-state index contributed by atoms with van der Waals surface area (Å²) in [5, 5.41) is 5.39. The molecule has 0 unspecified atom stereocenters. The number of fused-ring (bicyclic) bond motifs is 5. The van der Waals surface area contributed by atoms with Gasteiger partial charge in [0.1, 0.15) is 11.8 Å². The maximum Gasteiger partial charge on any atom is 0.182 e. The van der Waals surface area contributed by atoms with Crippen LogP contribution < -0.4 is 5.73 Å². The highest BCUT2D eigenvalue weighted by Crippen LogP contribution is 2.38. The van der Waals surface area contributed by atoms with Crippen LogP contribution in [0.4, 0.5) is 5.82 Å². The van der Waals surface area contributed by atoms with Crippen LogP contribution in [0.2, 0.25) is 0 Å². The molecule has 148 valence electrons. The number of aromatic nitrogens is 4. The second-order valence-corrected chi connectivity index (χ2v) is 8.29. The van der Waals surface area contributed by atoms with Gasteiger partial charge in [0, 0.05) is 0 Å². The molecule has 2 heterocycles. The lowest BCUT2D eigenvalue weighted by Gasteiger charge is -2.23. The molecular formula is C25H23N5. The maximum absolute atomic E-state index is 6.20. The highest BCUT2D eigenvalue weighted by atomic mass is 15.1. The smallest absolute Gasteiger partial charge is 0.182 e. The Hall–Kier alpha value is -3.47. The molecule has 0 fully saturated rings. The second kappa shape index (κ2) is 6.52. The maximum atomic E-state index is 6.20. The van der Waals surface area contributed by atoms with E-state index in [2.05, 4.69) is 62.8 Å². The van der Waals surface area contributed by atoms with Gasteiger partial charge in [-0.05, 0) is 76.4 Å². The zero-order valence-electron chi connectivity index (χ0n) is 17.0. The molecule has 0 spiro atoms. The fourth-order valence-corrected chi connectivity index (χ4v) is 5.23. The first kappa shape index (κ1) is 17.4. The number of anilines is 1. The summed E-state index contributed by atoms with van der Waals surface area (Å²) in [6.07, 6.45) is 8.17. The molecule has 5 aromatic rings. The van der Waals surface area contributed by atoms with Gasteiger partial charge >= 0.3 is 0 Å². The quantitative estimate of drug-likeness (QED) is 0.431. The van der Waals surface area contributed by atoms with Crippen LogP contribution in [0, 0.1) is 6.92 Å². The van der Waals surface area contributed by atoms with Gasteiger partial charge < -0.3 is 10.3 Å². The van der Waals surface area contributed by atoms with Crippen molar-refractivity contribution in [3.05, 3.63) is 71.3 Å². The van der Waals surface area contributed by atoms with Crippen molar-refractivity contribution in [3.63, 3.8) is 0 Å². The van der Waals surface area contributed by atoms with Gasteiger partial charge in [0.15, 0.2) is 11.5 Å². The Labute approximate surface area is 174 Å². The highest BCUT2D eigenvalue weighted by molar-refractivity contribution is 6.07. The second-order valence-electron chi connectivity index (χ2n) is 8.29. The number of hydrogen-bond donors (Lipinski definition) is 1. The van der Waals surface area contributed by atoms with E-state index in [1.807, 2.05) is 6.33 Å². The lowest BCUT2D eigenvalue weighted by atomic mass is 9.83. The molecule has 2 N–H and O–H groups in total. The Morgan fingerprint density at radius 3 is 2.67 bits per heavy atom. The van der Waals surface area contributed by atoms with Crippen molar-refractivity contribution in [1.29, 1.82) is 0 Å². The van der Waals surface area contributed by atoms with Crippen molar-refractivity contribution in [2.45, 2.75) is 39.2 Å². The summed E-state index contributed by atoms with van der Waals surface area (Å²) in [7, 11) is 0. The molecule has 0 saturated carbocycles. The molecular weight excluding hydrogens is 370 g/mol. The fraction of sp³-hybridized carbons (Fsp3) is 0.240. The molecule has 5 heteroatoms. The predicted octanol–water partition coefficient (Wildman–Crippen LogP) is 4.95. The van der Waals surface area contributed by atoms with E-state index in [0.717, 1.165) is 11.9 Å². The van der Waals surface area contributed by atoms with Gasteiger partial charge in [-0.25, -0.2) is 15.0 Å². The Balaban J connectivity index is 1.71. The van der Waals surface area contributed by atoms with Gasteiger partial charge in [-0.2, -0.15) is 0 Å². The summed E-state index contributed by atoms with van der Waals surface area (Å²) in [5.41, 5.74) is 13.4. The van der Waals surface area contributed by atoms with Crippen molar-refractivity contribution >= 4 is 38.5 Å². The van der Waals surface area contributed by atoms with E-state index in [4.69, 9.17) is 5.73 Å². The van der Waals surface area contributed by atoms with Gasteiger partial charge in [0.2, 0.25) is 0 Å². The molecule has 1 aliphatic rings. The molecule has 30 heavy (non-hydrogen) atoms. The standard InChI is InChI=1S/C25H23N5/c1-15-17-7-4-5-9-20(17)21(12-30-14-29-25-23(30)24(26)27-13-28-25)22-18(15)11-10-16-6-2-3-8-19(16)22/h4-5,7,9-11,13-14H,2-3,6,8,12H2,1H3,(H2,26,27,28). The van der Waals surface area contributed by atoms with Crippen molar-refractivity contribution < 1.29 is 0 Å². The van der Waals surface area contributed by atoms with Gasteiger partial charge in [-0.3, -0.25) is 0 Å². The number of nitrogens with zero attached hydrogens (tertiary/aromatic N) is 4. The number of nitrogen functional groups attached to an aromatic ring is 1. The Bertz CT molecular complexity index is 1450. The van der Waals surface area contributed by atoms with Crippen LogP contribution in [0.3, 0.4) is 0 Å². The van der Waals surface area contributed by atoms with Crippen molar-refractivity contribution in [2.24, 2.45) is 0 Å². The van der Waals surface area contributed by atoms with E-state index >= 15 is 0 Å².